The van der Waals surface area contributed by atoms with Crippen LogP contribution in [0, 0.1) is 0 Å². The van der Waals surface area contributed by atoms with Crippen LogP contribution in [0.25, 0.3) is 6.08 Å². The van der Waals surface area contributed by atoms with Crippen LogP contribution in [-0.2, 0) is 11.3 Å². The normalized spacial score (nSPS) is 16.1. The topological polar surface area (TPSA) is 60.5 Å². The fourth-order valence-electron chi connectivity index (χ4n) is 3.65. The summed E-state index contributed by atoms with van der Waals surface area (Å²) >= 11 is 0. The number of ether oxygens (including phenoxy) is 4. The van der Waals surface area contributed by atoms with Gasteiger partial charge in [-0.1, -0.05) is 12.1 Å². The summed E-state index contributed by atoms with van der Waals surface area (Å²) in [6, 6.07) is 11.6. The summed E-state index contributed by atoms with van der Waals surface area (Å²) in [5.74, 6) is 2.94. The molecule has 0 bridgehead atoms. The van der Waals surface area contributed by atoms with Gasteiger partial charge in [-0.2, -0.15) is 0 Å². The molecule has 2 aliphatic rings. The standard InChI is InChI=1S/C23H26N2O5/c1-27-19-6-3-17(13-21(19)28-2)5-8-23(26)25-11-9-24(10-12-25)15-18-4-7-20-22(14-18)30-16-29-20/h3-8,13-14H,9-12,15-16H2,1-2H3. The van der Waals surface area contributed by atoms with E-state index >= 15 is 0 Å². The average molecular weight is 410 g/mol. The SMILES string of the molecule is COc1ccc(C=CC(=O)N2CCN(Cc3ccc4c(c3)OCO4)CC2)cc1OC. The smallest absolute Gasteiger partial charge is 0.246 e. The quantitative estimate of drug-likeness (QED) is 0.683. The Bertz CT molecular complexity index is 935. The second-order valence-electron chi connectivity index (χ2n) is 7.24. The predicted molar refractivity (Wildman–Crippen MR) is 113 cm³/mol. The predicted octanol–water partition coefficient (Wildman–Crippen LogP) is 2.79. The fraction of sp³-hybridized carbons (Fsp3) is 0.348. The van der Waals surface area contributed by atoms with Gasteiger partial charge in [-0.3, -0.25) is 9.69 Å². The molecule has 1 amide bonds. The lowest BCUT2D eigenvalue weighted by molar-refractivity contribution is -0.127. The first-order valence-electron chi connectivity index (χ1n) is 9.96. The number of fused-ring (bicyclic) bond motifs is 1. The van der Waals surface area contributed by atoms with Gasteiger partial charge in [-0.25, -0.2) is 0 Å². The molecule has 0 aromatic heterocycles. The van der Waals surface area contributed by atoms with E-state index in [1.807, 2.05) is 41.3 Å². The number of benzene rings is 2. The number of methoxy groups -OCH3 is 2. The first kappa shape index (κ1) is 20.1. The molecule has 0 saturated carbocycles. The van der Waals surface area contributed by atoms with Crippen LogP contribution in [0.4, 0.5) is 0 Å². The van der Waals surface area contributed by atoms with Crippen LogP contribution < -0.4 is 18.9 Å². The molecule has 0 N–H and O–H groups in total. The lowest BCUT2D eigenvalue weighted by Gasteiger charge is -2.34. The van der Waals surface area contributed by atoms with Crippen molar-refractivity contribution in [3.63, 3.8) is 0 Å². The first-order valence-corrected chi connectivity index (χ1v) is 9.96. The highest BCUT2D eigenvalue weighted by Crippen LogP contribution is 2.33. The molecule has 30 heavy (non-hydrogen) atoms. The van der Waals surface area contributed by atoms with E-state index in [0.717, 1.165) is 36.7 Å². The number of carbonyl (C=O) groups excluding carboxylic acids is 1. The highest BCUT2D eigenvalue weighted by Gasteiger charge is 2.21. The van der Waals surface area contributed by atoms with Gasteiger partial charge in [-0.15, -0.1) is 0 Å². The molecule has 1 saturated heterocycles. The Morgan fingerprint density at radius 2 is 1.73 bits per heavy atom. The van der Waals surface area contributed by atoms with Gasteiger partial charge in [-0.05, 0) is 41.5 Å². The van der Waals surface area contributed by atoms with E-state index < -0.39 is 0 Å². The molecule has 2 heterocycles. The maximum absolute atomic E-state index is 12.6. The number of hydrogen-bond acceptors (Lipinski definition) is 6. The van der Waals surface area contributed by atoms with Crippen molar-refractivity contribution < 1.29 is 23.7 Å². The summed E-state index contributed by atoms with van der Waals surface area (Å²) in [4.78, 5) is 16.8. The summed E-state index contributed by atoms with van der Waals surface area (Å²) in [5, 5.41) is 0. The minimum Gasteiger partial charge on any atom is -0.493 e. The van der Waals surface area contributed by atoms with Gasteiger partial charge < -0.3 is 23.8 Å². The number of carbonyl (C=O) groups is 1. The third kappa shape index (κ3) is 4.52. The molecule has 0 radical (unpaired) electrons. The van der Waals surface area contributed by atoms with Gasteiger partial charge in [0.1, 0.15) is 0 Å². The van der Waals surface area contributed by atoms with Crippen molar-refractivity contribution in [1.29, 1.82) is 0 Å². The summed E-state index contributed by atoms with van der Waals surface area (Å²) in [5.41, 5.74) is 2.08. The zero-order valence-corrected chi connectivity index (χ0v) is 17.3. The Morgan fingerprint density at radius 1 is 0.967 bits per heavy atom. The molecule has 0 aliphatic carbocycles. The van der Waals surface area contributed by atoms with Crippen LogP contribution in [0.3, 0.4) is 0 Å². The van der Waals surface area contributed by atoms with Gasteiger partial charge >= 0.3 is 0 Å². The van der Waals surface area contributed by atoms with Crippen LogP contribution in [0.2, 0.25) is 0 Å². The lowest BCUT2D eigenvalue weighted by atomic mass is 10.1. The van der Waals surface area contributed by atoms with Crippen molar-refractivity contribution in [2.45, 2.75) is 6.54 Å². The number of rotatable bonds is 6. The molecule has 158 valence electrons. The minimum absolute atomic E-state index is 0.0208. The Kier molecular flexibility index (Phi) is 6.09. The largest absolute Gasteiger partial charge is 0.493 e. The van der Waals surface area contributed by atoms with Crippen molar-refractivity contribution in [3.05, 3.63) is 53.6 Å². The molecule has 2 aromatic rings. The first-order chi connectivity index (χ1) is 14.7. The van der Waals surface area contributed by atoms with Gasteiger partial charge in [0.05, 0.1) is 14.2 Å². The van der Waals surface area contributed by atoms with Crippen LogP contribution in [0.1, 0.15) is 11.1 Å². The summed E-state index contributed by atoms with van der Waals surface area (Å²) in [6.07, 6.45) is 3.43. The Morgan fingerprint density at radius 3 is 2.50 bits per heavy atom. The van der Waals surface area contributed by atoms with Gasteiger partial charge in [0, 0.05) is 38.8 Å². The molecule has 2 aliphatic heterocycles. The highest BCUT2D eigenvalue weighted by molar-refractivity contribution is 5.92. The molecule has 7 nitrogen and oxygen atoms in total. The Labute approximate surface area is 176 Å². The van der Waals surface area contributed by atoms with Crippen LogP contribution in [0.15, 0.2) is 42.5 Å². The van der Waals surface area contributed by atoms with Crippen molar-refractivity contribution in [2.75, 3.05) is 47.2 Å². The monoisotopic (exact) mass is 410 g/mol. The molecule has 4 rings (SSSR count). The van der Waals surface area contributed by atoms with Crippen LogP contribution in [0.5, 0.6) is 23.0 Å². The second-order valence-corrected chi connectivity index (χ2v) is 7.24. The average Bonchev–Trinajstić information content (AvgIpc) is 3.25. The lowest BCUT2D eigenvalue weighted by Crippen LogP contribution is -2.47. The van der Waals surface area contributed by atoms with Gasteiger partial charge in [0.2, 0.25) is 12.7 Å². The molecular formula is C23H26N2O5. The third-order valence-corrected chi connectivity index (χ3v) is 5.35. The molecule has 1 fully saturated rings. The van der Waals surface area contributed by atoms with E-state index in [4.69, 9.17) is 18.9 Å². The van der Waals surface area contributed by atoms with Gasteiger partial charge in [0.15, 0.2) is 23.0 Å². The maximum atomic E-state index is 12.6. The van der Waals surface area contributed by atoms with E-state index in [2.05, 4.69) is 11.0 Å². The summed E-state index contributed by atoms with van der Waals surface area (Å²) < 4.78 is 21.4. The zero-order valence-electron chi connectivity index (χ0n) is 17.3. The number of hydrogen-bond donors (Lipinski definition) is 0. The van der Waals surface area contributed by atoms with E-state index in [1.54, 1.807) is 20.3 Å². The van der Waals surface area contributed by atoms with E-state index in [1.165, 1.54) is 5.56 Å². The third-order valence-electron chi connectivity index (χ3n) is 5.35. The zero-order chi connectivity index (χ0) is 20.9. The number of nitrogens with zero attached hydrogens (tertiary/aromatic N) is 2. The number of piperazine rings is 1. The Hall–Kier alpha value is -3.19. The maximum Gasteiger partial charge on any atom is 0.246 e. The number of amides is 1. The molecule has 0 unspecified atom stereocenters. The van der Waals surface area contributed by atoms with Crippen molar-refractivity contribution in [1.82, 2.24) is 9.80 Å². The highest BCUT2D eigenvalue weighted by atomic mass is 16.7. The van der Waals surface area contributed by atoms with E-state index in [0.29, 0.717) is 24.6 Å². The minimum atomic E-state index is 0.0208. The van der Waals surface area contributed by atoms with Crippen molar-refractivity contribution in [2.24, 2.45) is 0 Å². The van der Waals surface area contributed by atoms with Crippen molar-refractivity contribution >= 4 is 12.0 Å². The molecular weight excluding hydrogens is 384 g/mol. The van der Waals surface area contributed by atoms with Crippen LogP contribution >= 0.6 is 0 Å². The van der Waals surface area contributed by atoms with Crippen molar-refractivity contribution in [3.8, 4) is 23.0 Å². The molecule has 0 atom stereocenters. The summed E-state index contributed by atoms with van der Waals surface area (Å²) in [7, 11) is 3.20. The molecule has 0 spiro atoms. The van der Waals surface area contributed by atoms with Crippen LogP contribution in [-0.4, -0.2) is 62.9 Å². The molecule has 7 heteroatoms. The fourth-order valence-corrected chi connectivity index (χ4v) is 3.65. The summed E-state index contributed by atoms with van der Waals surface area (Å²) in [6.45, 7) is 4.21. The second kappa shape index (κ2) is 9.09. The van der Waals surface area contributed by atoms with E-state index in [9.17, 15) is 4.79 Å². The molecule has 2 aromatic carbocycles. The Balaban J connectivity index is 1.29. The van der Waals surface area contributed by atoms with Gasteiger partial charge in [0.25, 0.3) is 0 Å². The van der Waals surface area contributed by atoms with E-state index in [-0.39, 0.29) is 12.7 Å².